The third-order valence-corrected chi connectivity index (χ3v) is 2.77. The van der Waals surface area contributed by atoms with Gasteiger partial charge in [0.05, 0.1) is 0 Å². The van der Waals surface area contributed by atoms with Gasteiger partial charge in [-0.05, 0) is 45.8 Å². The summed E-state index contributed by atoms with van der Waals surface area (Å²) in [5.41, 5.74) is 0.637. The van der Waals surface area contributed by atoms with Crippen LogP contribution in [0, 0.1) is 0 Å². The SMILES string of the molecule is C=C(C)C(OC(C)(C)OC(=O)OC(C)(C)C)C1(C(=C)C)OO1. The maximum Gasteiger partial charge on any atom is 0.511 e. The van der Waals surface area contributed by atoms with E-state index in [9.17, 15) is 4.79 Å². The first-order chi connectivity index (χ1) is 9.79. The van der Waals surface area contributed by atoms with Gasteiger partial charge in [0.2, 0.25) is 5.79 Å². The van der Waals surface area contributed by atoms with Crippen molar-refractivity contribution in [2.45, 2.75) is 71.7 Å². The van der Waals surface area contributed by atoms with Gasteiger partial charge in [-0.2, -0.15) is 9.78 Å². The number of carbonyl (C=O) groups is 1. The molecule has 0 aromatic rings. The van der Waals surface area contributed by atoms with E-state index in [0.717, 1.165) is 0 Å². The smallest absolute Gasteiger partial charge is 0.428 e. The lowest BCUT2D eigenvalue weighted by molar-refractivity contribution is -0.221. The summed E-state index contributed by atoms with van der Waals surface area (Å²) in [7, 11) is 0. The fourth-order valence-electron chi connectivity index (χ4n) is 1.78. The predicted molar refractivity (Wildman–Crippen MR) is 80.8 cm³/mol. The van der Waals surface area contributed by atoms with Crippen LogP contribution in [0.4, 0.5) is 4.79 Å². The second-order valence-corrected chi connectivity index (χ2v) is 6.93. The van der Waals surface area contributed by atoms with E-state index < -0.39 is 29.4 Å². The minimum atomic E-state index is -1.26. The van der Waals surface area contributed by atoms with Crippen LogP contribution in [0.15, 0.2) is 24.3 Å². The Morgan fingerprint density at radius 2 is 1.55 bits per heavy atom. The molecule has 0 aromatic heterocycles. The molecule has 1 aliphatic rings. The van der Waals surface area contributed by atoms with E-state index in [0.29, 0.717) is 11.1 Å². The van der Waals surface area contributed by atoms with Crippen LogP contribution in [-0.2, 0) is 24.0 Å². The number of rotatable bonds is 6. The molecule has 126 valence electrons. The van der Waals surface area contributed by atoms with E-state index >= 15 is 0 Å². The highest BCUT2D eigenvalue weighted by atomic mass is 17.4. The molecule has 0 aliphatic carbocycles. The summed E-state index contributed by atoms with van der Waals surface area (Å²) < 4.78 is 16.2. The van der Waals surface area contributed by atoms with Crippen molar-refractivity contribution < 1.29 is 28.8 Å². The van der Waals surface area contributed by atoms with Crippen LogP contribution in [0.2, 0.25) is 0 Å². The Kier molecular flexibility index (Phi) is 5.11. The molecule has 1 saturated heterocycles. The Hall–Kier alpha value is -1.37. The van der Waals surface area contributed by atoms with Gasteiger partial charge in [-0.25, -0.2) is 4.79 Å². The predicted octanol–water partition coefficient (Wildman–Crippen LogP) is 3.87. The first-order valence-corrected chi connectivity index (χ1v) is 7.07. The first-order valence-electron chi connectivity index (χ1n) is 7.07. The molecule has 0 N–H and O–H groups in total. The van der Waals surface area contributed by atoms with Crippen LogP contribution in [0.3, 0.4) is 0 Å². The third kappa shape index (κ3) is 4.83. The lowest BCUT2D eigenvalue weighted by Gasteiger charge is -2.32. The largest absolute Gasteiger partial charge is 0.511 e. The summed E-state index contributed by atoms with van der Waals surface area (Å²) >= 11 is 0. The zero-order valence-corrected chi connectivity index (χ0v) is 14.4. The summed E-state index contributed by atoms with van der Waals surface area (Å²) in [5.74, 6) is -2.34. The normalized spacial score (nSPS) is 18.3. The van der Waals surface area contributed by atoms with E-state index in [1.165, 1.54) is 0 Å². The summed E-state index contributed by atoms with van der Waals surface area (Å²) in [6.45, 7) is 19.7. The van der Waals surface area contributed by atoms with Crippen LogP contribution in [0.1, 0.15) is 48.5 Å². The quantitative estimate of drug-likeness (QED) is 0.244. The van der Waals surface area contributed by atoms with Gasteiger partial charge in [0.15, 0.2) is 0 Å². The summed E-state index contributed by atoms with van der Waals surface area (Å²) in [4.78, 5) is 21.9. The van der Waals surface area contributed by atoms with Crippen molar-refractivity contribution in [2.75, 3.05) is 0 Å². The monoisotopic (exact) mass is 314 g/mol. The Morgan fingerprint density at radius 1 is 1.05 bits per heavy atom. The Balaban J connectivity index is 2.78. The molecular weight excluding hydrogens is 288 g/mol. The maximum absolute atomic E-state index is 11.8. The standard InChI is InChI=1S/C16H26O6/c1-10(2)12(16(11(3)4)21-22-16)18-15(8,9)20-13(17)19-14(5,6)7/h12H,1,3H2,2,4-9H3. The van der Waals surface area contributed by atoms with Gasteiger partial charge in [0, 0.05) is 13.8 Å². The maximum atomic E-state index is 11.8. The first kappa shape index (κ1) is 18.7. The van der Waals surface area contributed by atoms with Crippen molar-refractivity contribution in [3.63, 3.8) is 0 Å². The van der Waals surface area contributed by atoms with Gasteiger partial charge in [-0.3, -0.25) is 0 Å². The molecule has 0 bridgehead atoms. The van der Waals surface area contributed by atoms with Crippen molar-refractivity contribution in [1.29, 1.82) is 0 Å². The van der Waals surface area contributed by atoms with Gasteiger partial charge in [0.25, 0.3) is 5.79 Å². The lowest BCUT2D eigenvalue weighted by Crippen LogP contribution is -2.44. The van der Waals surface area contributed by atoms with Crippen molar-refractivity contribution in [3.8, 4) is 0 Å². The van der Waals surface area contributed by atoms with Gasteiger partial charge in [-0.1, -0.05) is 13.2 Å². The average Bonchev–Trinajstić information content (AvgIpc) is 3.02. The van der Waals surface area contributed by atoms with Crippen LogP contribution in [0.25, 0.3) is 0 Å². The summed E-state index contributed by atoms with van der Waals surface area (Å²) in [6, 6.07) is 0. The molecule has 6 nitrogen and oxygen atoms in total. The molecule has 1 unspecified atom stereocenters. The van der Waals surface area contributed by atoms with Gasteiger partial charge in [-0.15, -0.1) is 0 Å². The number of ether oxygens (including phenoxy) is 3. The Bertz CT molecular complexity index is 468. The van der Waals surface area contributed by atoms with Crippen LogP contribution >= 0.6 is 0 Å². The molecule has 0 aromatic carbocycles. The molecule has 1 rings (SSSR count). The van der Waals surface area contributed by atoms with Crippen LogP contribution in [-0.4, -0.2) is 29.4 Å². The van der Waals surface area contributed by atoms with E-state index in [1.54, 1.807) is 48.5 Å². The highest BCUT2D eigenvalue weighted by Gasteiger charge is 2.59. The Morgan fingerprint density at radius 3 is 1.86 bits per heavy atom. The van der Waals surface area contributed by atoms with Gasteiger partial charge in [0.1, 0.15) is 11.7 Å². The third-order valence-electron chi connectivity index (χ3n) is 2.77. The minimum absolute atomic E-state index is 0.633. The summed E-state index contributed by atoms with van der Waals surface area (Å²) in [6.07, 6.45) is -1.48. The highest BCUT2D eigenvalue weighted by Crippen LogP contribution is 2.44. The average molecular weight is 314 g/mol. The van der Waals surface area contributed by atoms with E-state index in [1.807, 2.05) is 0 Å². The number of carbonyl (C=O) groups excluding carboxylic acids is 1. The molecule has 0 spiro atoms. The van der Waals surface area contributed by atoms with E-state index in [4.69, 9.17) is 24.0 Å². The fourth-order valence-corrected chi connectivity index (χ4v) is 1.78. The van der Waals surface area contributed by atoms with E-state index in [2.05, 4.69) is 13.2 Å². The van der Waals surface area contributed by atoms with Crippen LogP contribution < -0.4 is 0 Å². The minimum Gasteiger partial charge on any atom is -0.428 e. The van der Waals surface area contributed by atoms with Crippen molar-refractivity contribution in [2.24, 2.45) is 0 Å². The second kappa shape index (κ2) is 6.02. The topological polar surface area (TPSA) is 69.8 Å². The van der Waals surface area contributed by atoms with Crippen molar-refractivity contribution in [1.82, 2.24) is 0 Å². The zero-order valence-electron chi connectivity index (χ0n) is 14.4. The second-order valence-electron chi connectivity index (χ2n) is 6.93. The highest BCUT2D eigenvalue weighted by molar-refractivity contribution is 5.60. The van der Waals surface area contributed by atoms with Crippen molar-refractivity contribution >= 4 is 6.16 Å². The zero-order chi connectivity index (χ0) is 17.3. The Labute approximate surface area is 131 Å². The molecule has 1 aliphatic heterocycles. The molecule has 1 fully saturated rings. The van der Waals surface area contributed by atoms with Crippen molar-refractivity contribution in [3.05, 3.63) is 24.3 Å². The van der Waals surface area contributed by atoms with E-state index in [-0.39, 0.29) is 0 Å². The molecular formula is C16H26O6. The molecule has 1 atom stereocenters. The molecule has 0 saturated carbocycles. The molecule has 6 heteroatoms. The van der Waals surface area contributed by atoms with Gasteiger partial charge >= 0.3 is 6.16 Å². The molecule has 0 amide bonds. The number of hydrogen-bond donors (Lipinski definition) is 0. The van der Waals surface area contributed by atoms with Crippen LogP contribution in [0.5, 0.6) is 0 Å². The molecule has 22 heavy (non-hydrogen) atoms. The summed E-state index contributed by atoms with van der Waals surface area (Å²) in [5, 5.41) is 0. The number of hydrogen-bond acceptors (Lipinski definition) is 6. The molecule has 1 heterocycles. The van der Waals surface area contributed by atoms with Gasteiger partial charge < -0.3 is 14.2 Å². The lowest BCUT2D eigenvalue weighted by atomic mass is 9.99. The molecule has 0 radical (unpaired) electrons. The fraction of sp³-hybridized carbons (Fsp3) is 0.688.